The Hall–Kier alpha value is -2.94. The third-order valence-corrected chi connectivity index (χ3v) is 5.39. The number of pyridine rings is 1. The molecule has 0 bridgehead atoms. The molecule has 1 aliphatic rings. The average Bonchev–Trinajstić information content (AvgIpc) is 2.64. The van der Waals surface area contributed by atoms with Gasteiger partial charge in [0.25, 0.3) is 0 Å². The van der Waals surface area contributed by atoms with Gasteiger partial charge in [-0.2, -0.15) is 0 Å². The molecule has 3 aromatic rings. The van der Waals surface area contributed by atoms with Gasteiger partial charge in [-0.25, -0.2) is 0 Å². The first-order chi connectivity index (χ1) is 12.9. The Morgan fingerprint density at radius 2 is 1.33 bits per heavy atom. The van der Waals surface area contributed by atoms with Gasteiger partial charge in [-0.3, -0.25) is 9.59 Å². The van der Waals surface area contributed by atoms with Gasteiger partial charge in [0.1, 0.15) is 0 Å². The van der Waals surface area contributed by atoms with Crippen LogP contribution in [0.5, 0.6) is 0 Å². The molecular formula is C24H23NO2. The Kier molecular flexibility index (Phi) is 4.11. The van der Waals surface area contributed by atoms with Crippen molar-refractivity contribution in [2.75, 3.05) is 0 Å². The van der Waals surface area contributed by atoms with E-state index >= 15 is 0 Å². The predicted molar refractivity (Wildman–Crippen MR) is 109 cm³/mol. The summed E-state index contributed by atoms with van der Waals surface area (Å²) in [7, 11) is 1.97. The Morgan fingerprint density at radius 3 is 1.93 bits per heavy atom. The molecule has 1 aromatic heterocycles. The van der Waals surface area contributed by atoms with Crippen LogP contribution >= 0.6 is 0 Å². The van der Waals surface area contributed by atoms with E-state index in [1.54, 1.807) is 0 Å². The molecule has 136 valence electrons. The highest BCUT2D eigenvalue weighted by atomic mass is 16.1. The highest BCUT2D eigenvalue weighted by molar-refractivity contribution is 6.01. The molecule has 1 aliphatic carbocycles. The zero-order valence-electron chi connectivity index (χ0n) is 16.0. The fraction of sp³-hybridized carbons (Fsp3) is 0.250. The highest BCUT2D eigenvalue weighted by Crippen LogP contribution is 2.38. The standard InChI is InChI=1S/C24H23NO2/c1-24(2)14-18-21(19(26)15-24)23(27)20(16-10-6-4-7-11-16)22(25(18)3)17-12-8-5-9-13-17/h4-13H,14-15H2,1-3H3. The number of ketones is 1. The number of aromatic nitrogens is 1. The molecule has 27 heavy (non-hydrogen) atoms. The fourth-order valence-electron chi connectivity index (χ4n) is 4.17. The lowest BCUT2D eigenvalue weighted by Gasteiger charge is -2.33. The summed E-state index contributed by atoms with van der Waals surface area (Å²) in [5.41, 5.74) is 4.24. The topological polar surface area (TPSA) is 39.1 Å². The van der Waals surface area contributed by atoms with Crippen LogP contribution in [0.15, 0.2) is 65.5 Å². The largest absolute Gasteiger partial charge is 0.346 e. The normalized spacial score (nSPS) is 15.4. The first kappa shape index (κ1) is 17.5. The van der Waals surface area contributed by atoms with Crippen molar-refractivity contribution in [3.8, 4) is 22.4 Å². The van der Waals surface area contributed by atoms with Gasteiger partial charge >= 0.3 is 0 Å². The van der Waals surface area contributed by atoms with Gasteiger partial charge < -0.3 is 4.57 Å². The summed E-state index contributed by atoms with van der Waals surface area (Å²) in [6.07, 6.45) is 1.13. The molecule has 0 saturated carbocycles. The van der Waals surface area contributed by atoms with Crippen molar-refractivity contribution >= 4 is 5.78 Å². The molecule has 3 nitrogen and oxygen atoms in total. The van der Waals surface area contributed by atoms with Crippen molar-refractivity contribution < 1.29 is 4.79 Å². The molecule has 0 unspecified atom stereocenters. The van der Waals surface area contributed by atoms with Crippen molar-refractivity contribution in [2.45, 2.75) is 26.7 Å². The minimum absolute atomic E-state index is 0.0429. The van der Waals surface area contributed by atoms with E-state index in [1.807, 2.05) is 67.7 Å². The van der Waals surface area contributed by atoms with Crippen LogP contribution in [0, 0.1) is 5.41 Å². The first-order valence-corrected chi connectivity index (χ1v) is 9.29. The van der Waals surface area contributed by atoms with E-state index in [0.717, 1.165) is 22.5 Å². The quantitative estimate of drug-likeness (QED) is 0.656. The first-order valence-electron chi connectivity index (χ1n) is 9.29. The van der Waals surface area contributed by atoms with Crippen LogP contribution in [0.2, 0.25) is 0 Å². The molecule has 0 aliphatic heterocycles. The van der Waals surface area contributed by atoms with Gasteiger partial charge in [-0.1, -0.05) is 74.5 Å². The van der Waals surface area contributed by atoms with E-state index in [0.29, 0.717) is 24.0 Å². The zero-order chi connectivity index (χ0) is 19.2. The molecule has 1 heterocycles. The lowest BCUT2D eigenvalue weighted by atomic mass is 9.74. The highest BCUT2D eigenvalue weighted by Gasteiger charge is 2.36. The number of hydrogen-bond acceptors (Lipinski definition) is 2. The van der Waals surface area contributed by atoms with Crippen LogP contribution in [0.1, 0.15) is 36.3 Å². The number of hydrogen-bond donors (Lipinski definition) is 0. The zero-order valence-corrected chi connectivity index (χ0v) is 16.0. The number of carbonyl (C=O) groups excluding carboxylic acids is 1. The number of Topliss-reactive ketones (excluding diaryl/α,β-unsaturated/α-hetero) is 1. The summed E-state index contributed by atoms with van der Waals surface area (Å²) in [6.45, 7) is 4.18. The number of carbonyl (C=O) groups is 1. The van der Waals surface area contributed by atoms with Gasteiger partial charge in [0.05, 0.1) is 16.8 Å². The Bertz CT molecular complexity index is 1080. The lowest BCUT2D eigenvalue weighted by Crippen LogP contribution is -2.35. The second-order valence-corrected chi connectivity index (χ2v) is 8.11. The smallest absolute Gasteiger partial charge is 0.201 e. The van der Waals surface area contributed by atoms with Crippen molar-refractivity contribution in [3.63, 3.8) is 0 Å². The predicted octanol–water partition coefficient (Wildman–Crippen LogP) is 4.87. The van der Waals surface area contributed by atoms with E-state index < -0.39 is 0 Å². The molecule has 0 radical (unpaired) electrons. The number of fused-ring (bicyclic) bond motifs is 1. The van der Waals surface area contributed by atoms with Crippen LogP contribution in [0.25, 0.3) is 22.4 Å². The maximum absolute atomic E-state index is 13.5. The Balaban J connectivity index is 2.13. The van der Waals surface area contributed by atoms with Crippen molar-refractivity contribution in [1.82, 2.24) is 4.57 Å². The SMILES string of the molecule is Cn1c2c(c(=O)c(-c3ccccc3)c1-c1ccccc1)C(=O)CC(C)(C)C2. The van der Waals surface area contributed by atoms with E-state index in [-0.39, 0.29) is 16.6 Å². The lowest BCUT2D eigenvalue weighted by molar-refractivity contribution is 0.0907. The van der Waals surface area contributed by atoms with Crippen LogP contribution in [0.3, 0.4) is 0 Å². The van der Waals surface area contributed by atoms with Gasteiger partial charge in [0, 0.05) is 19.2 Å². The number of rotatable bonds is 2. The number of nitrogens with zero attached hydrogens (tertiary/aromatic N) is 1. The second kappa shape index (κ2) is 6.34. The van der Waals surface area contributed by atoms with Gasteiger partial charge in [-0.15, -0.1) is 0 Å². The summed E-state index contributed by atoms with van der Waals surface area (Å²) in [4.78, 5) is 26.4. The van der Waals surface area contributed by atoms with E-state index in [4.69, 9.17) is 0 Å². The maximum atomic E-state index is 13.5. The van der Waals surface area contributed by atoms with Crippen LogP contribution in [-0.2, 0) is 13.5 Å². The van der Waals surface area contributed by atoms with Crippen LogP contribution in [-0.4, -0.2) is 10.4 Å². The fourth-order valence-corrected chi connectivity index (χ4v) is 4.17. The molecule has 2 aromatic carbocycles. The summed E-state index contributed by atoms with van der Waals surface area (Å²) < 4.78 is 2.06. The van der Waals surface area contributed by atoms with Crippen molar-refractivity contribution in [2.24, 2.45) is 12.5 Å². The molecular weight excluding hydrogens is 334 g/mol. The third kappa shape index (κ3) is 2.93. The van der Waals surface area contributed by atoms with Gasteiger partial charge in [0.15, 0.2) is 5.78 Å². The van der Waals surface area contributed by atoms with E-state index in [1.165, 1.54) is 0 Å². The molecule has 4 rings (SSSR count). The summed E-state index contributed by atoms with van der Waals surface area (Å²) >= 11 is 0. The summed E-state index contributed by atoms with van der Waals surface area (Å²) in [5.74, 6) is -0.0429. The molecule has 0 fully saturated rings. The monoisotopic (exact) mass is 357 g/mol. The minimum Gasteiger partial charge on any atom is -0.346 e. The molecule has 3 heteroatoms. The van der Waals surface area contributed by atoms with Gasteiger partial charge in [0.2, 0.25) is 5.43 Å². The summed E-state index contributed by atoms with van der Waals surface area (Å²) in [6, 6.07) is 19.6. The Labute approximate surface area is 159 Å². The molecule has 0 spiro atoms. The molecule has 0 saturated heterocycles. The van der Waals surface area contributed by atoms with Crippen molar-refractivity contribution in [3.05, 3.63) is 82.1 Å². The molecule has 0 amide bonds. The Morgan fingerprint density at radius 1 is 0.778 bits per heavy atom. The summed E-state index contributed by atoms with van der Waals surface area (Å²) in [5, 5.41) is 0. The van der Waals surface area contributed by atoms with Crippen LogP contribution < -0.4 is 5.43 Å². The average molecular weight is 357 g/mol. The van der Waals surface area contributed by atoms with E-state index in [2.05, 4.69) is 18.4 Å². The minimum atomic E-state index is -0.145. The van der Waals surface area contributed by atoms with Gasteiger partial charge in [-0.05, 0) is 23.0 Å². The van der Waals surface area contributed by atoms with E-state index in [9.17, 15) is 9.59 Å². The molecule has 0 atom stereocenters. The molecule has 0 N–H and O–H groups in total. The third-order valence-electron chi connectivity index (χ3n) is 5.39. The number of benzene rings is 2. The maximum Gasteiger partial charge on any atom is 0.201 e. The van der Waals surface area contributed by atoms with Crippen LogP contribution in [0.4, 0.5) is 0 Å². The van der Waals surface area contributed by atoms with Crippen molar-refractivity contribution in [1.29, 1.82) is 0 Å². The second-order valence-electron chi connectivity index (χ2n) is 8.11.